The van der Waals surface area contributed by atoms with Crippen LogP contribution in [0.25, 0.3) is 10.2 Å². The number of carbonyl (C=O) groups is 2. The summed E-state index contributed by atoms with van der Waals surface area (Å²) >= 11 is 7.48. The maximum Gasteiger partial charge on any atom is 0.344 e. The third-order valence-electron chi connectivity index (χ3n) is 3.98. The Morgan fingerprint density at radius 3 is 2.71 bits per heavy atom. The highest BCUT2D eigenvalue weighted by Gasteiger charge is 2.15. The van der Waals surface area contributed by atoms with Crippen LogP contribution in [0.5, 0.6) is 5.75 Å². The zero-order chi connectivity index (χ0) is 20.1. The number of hydrogen-bond donors (Lipinski definition) is 0. The second-order valence-electron chi connectivity index (χ2n) is 6.19. The smallest absolute Gasteiger partial charge is 0.344 e. The van der Waals surface area contributed by atoms with Gasteiger partial charge in [0.15, 0.2) is 13.2 Å². The molecule has 0 aliphatic heterocycles. The number of halogens is 1. The predicted octanol–water partition coefficient (Wildman–Crippen LogP) is 3.84. The Balaban J connectivity index is 1.44. The minimum Gasteiger partial charge on any atom is -0.482 e. The highest BCUT2D eigenvalue weighted by molar-refractivity contribution is 7.18. The lowest BCUT2D eigenvalue weighted by atomic mass is 10.2. The Hall–Kier alpha value is -2.64. The first-order valence-electron chi connectivity index (χ1n) is 8.55. The molecular formula is C20H19ClN2O4S. The minimum absolute atomic E-state index is 0.282. The number of hydrogen-bond acceptors (Lipinski definition) is 6. The summed E-state index contributed by atoms with van der Waals surface area (Å²) in [4.78, 5) is 30.0. The van der Waals surface area contributed by atoms with E-state index in [4.69, 9.17) is 21.1 Å². The molecule has 0 saturated heterocycles. The van der Waals surface area contributed by atoms with E-state index in [0.29, 0.717) is 17.3 Å². The fourth-order valence-electron chi connectivity index (χ4n) is 2.42. The van der Waals surface area contributed by atoms with Gasteiger partial charge in [0.05, 0.1) is 16.8 Å². The van der Waals surface area contributed by atoms with Crippen molar-refractivity contribution in [2.45, 2.75) is 13.5 Å². The van der Waals surface area contributed by atoms with Crippen LogP contribution in [-0.2, 0) is 20.9 Å². The van der Waals surface area contributed by atoms with E-state index in [1.807, 2.05) is 31.2 Å². The van der Waals surface area contributed by atoms with Gasteiger partial charge >= 0.3 is 5.97 Å². The topological polar surface area (TPSA) is 68.7 Å². The zero-order valence-electron chi connectivity index (χ0n) is 15.5. The SMILES string of the molecule is Cc1cc(OCC(=O)OCC(=O)N(C)Cc2nc3ccccc3s2)ccc1Cl. The highest BCUT2D eigenvalue weighted by atomic mass is 35.5. The van der Waals surface area contributed by atoms with E-state index < -0.39 is 5.97 Å². The summed E-state index contributed by atoms with van der Waals surface area (Å²) in [6.45, 7) is 1.57. The van der Waals surface area contributed by atoms with Crippen LogP contribution in [-0.4, -0.2) is 42.0 Å². The molecule has 1 amide bonds. The maximum atomic E-state index is 12.2. The van der Waals surface area contributed by atoms with E-state index in [1.165, 1.54) is 16.2 Å². The van der Waals surface area contributed by atoms with Crippen molar-refractivity contribution in [3.63, 3.8) is 0 Å². The lowest BCUT2D eigenvalue weighted by molar-refractivity contribution is -0.153. The Morgan fingerprint density at radius 2 is 1.96 bits per heavy atom. The van der Waals surface area contributed by atoms with Crippen molar-refractivity contribution in [1.82, 2.24) is 9.88 Å². The summed E-state index contributed by atoms with van der Waals surface area (Å²) in [5.41, 5.74) is 1.75. The van der Waals surface area contributed by atoms with Crippen LogP contribution in [0.3, 0.4) is 0 Å². The molecule has 28 heavy (non-hydrogen) atoms. The van der Waals surface area contributed by atoms with Gasteiger partial charge in [0.2, 0.25) is 0 Å². The Kier molecular flexibility index (Phi) is 6.49. The molecule has 0 radical (unpaired) electrons. The van der Waals surface area contributed by atoms with E-state index in [9.17, 15) is 9.59 Å². The number of ether oxygens (including phenoxy) is 2. The Bertz CT molecular complexity index is 972. The molecule has 0 aliphatic carbocycles. The van der Waals surface area contributed by atoms with Crippen LogP contribution >= 0.6 is 22.9 Å². The first kappa shape index (κ1) is 20.1. The molecule has 0 N–H and O–H groups in total. The quantitative estimate of drug-likeness (QED) is 0.545. The van der Waals surface area contributed by atoms with Crippen molar-refractivity contribution >= 4 is 45.0 Å². The van der Waals surface area contributed by atoms with Crippen LogP contribution in [0.4, 0.5) is 0 Å². The van der Waals surface area contributed by atoms with E-state index in [0.717, 1.165) is 20.8 Å². The van der Waals surface area contributed by atoms with E-state index in [2.05, 4.69) is 4.98 Å². The molecular weight excluding hydrogens is 400 g/mol. The molecule has 6 nitrogen and oxygen atoms in total. The molecule has 0 saturated carbocycles. The molecule has 0 bridgehead atoms. The number of para-hydroxylation sites is 1. The number of amides is 1. The van der Waals surface area contributed by atoms with Crippen molar-refractivity contribution in [3.05, 3.63) is 58.1 Å². The summed E-state index contributed by atoms with van der Waals surface area (Å²) in [5.74, 6) is -0.414. The fraction of sp³-hybridized carbons (Fsp3) is 0.250. The van der Waals surface area contributed by atoms with Crippen LogP contribution in [0, 0.1) is 6.92 Å². The molecule has 0 fully saturated rings. The molecule has 8 heteroatoms. The lowest BCUT2D eigenvalue weighted by Gasteiger charge is -2.15. The van der Waals surface area contributed by atoms with E-state index in [-0.39, 0.29) is 19.1 Å². The van der Waals surface area contributed by atoms with Gasteiger partial charge < -0.3 is 14.4 Å². The third kappa shape index (κ3) is 5.21. The van der Waals surface area contributed by atoms with Crippen LogP contribution in [0.1, 0.15) is 10.6 Å². The second kappa shape index (κ2) is 9.03. The standard InChI is InChI=1S/C20H19ClN2O4S/c1-13-9-14(7-8-15(13)21)26-12-20(25)27-11-19(24)23(2)10-18-22-16-5-3-4-6-17(16)28-18/h3-9H,10-12H2,1-2H3. The number of likely N-dealkylation sites (N-methyl/N-ethyl adjacent to an activating group) is 1. The fourth-order valence-corrected chi connectivity index (χ4v) is 3.56. The molecule has 3 aromatic rings. The molecule has 0 unspecified atom stereocenters. The molecule has 1 aromatic heterocycles. The van der Waals surface area contributed by atoms with Crippen molar-refractivity contribution in [2.75, 3.05) is 20.3 Å². The van der Waals surface area contributed by atoms with Gasteiger partial charge in [-0.1, -0.05) is 23.7 Å². The number of fused-ring (bicyclic) bond motifs is 1. The normalized spacial score (nSPS) is 10.7. The predicted molar refractivity (Wildman–Crippen MR) is 109 cm³/mol. The van der Waals surface area contributed by atoms with Crippen LogP contribution in [0.2, 0.25) is 5.02 Å². The summed E-state index contributed by atoms with van der Waals surface area (Å²) in [7, 11) is 1.65. The average Bonchev–Trinajstić information content (AvgIpc) is 3.09. The number of rotatable bonds is 7. The zero-order valence-corrected chi connectivity index (χ0v) is 17.0. The average molecular weight is 419 g/mol. The molecule has 0 spiro atoms. The van der Waals surface area contributed by atoms with Crippen LogP contribution < -0.4 is 4.74 Å². The lowest BCUT2D eigenvalue weighted by Crippen LogP contribution is -2.31. The summed E-state index contributed by atoms with van der Waals surface area (Å²) < 4.78 is 11.4. The van der Waals surface area contributed by atoms with Crippen molar-refractivity contribution in [3.8, 4) is 5.75 Å². The van der Waals surface area contributed by atoms with Gasteiger partial charge in [-0.05, 0) is 42.8 Å². The van der Waals surface area contributed by atoms with Crippen LogP contribution in [0.15, 0.2) is 42.5 Å². The molecule has 0 atom stereocenters. The van der Waals surface area contributed by atoms with Gasteiger partial charge in [-0.3, -0.25) is 4.79 Å². The number of benzene rings is 2. The van der Waals surface area contributed by atoms with Gasteiger partial charge in [0.25, 0.3) is 5.91 Å². The van der Waals surface area contributed by atoms with Gasteiger partial charge in [-0.15, -0.1) is 11.3 Å². The first-order chi connectivity index (χ1) is 13.4. The molecule has 146 valence electrons. The number of aryl methyl sites for hydroxylation is 1. The van der Waals surface area contributed by atoms with Crippen molar-refractivity contribution < 1.29 is 19.1 Å². The molecule has 3 rings (SSSR count). The number of nitrogens with zero attached hydrogens (tertiary/aromatic N) is 2. The summed E-state index contributed by atoms with van der Waals surface area (Å²) in [6, 6.07) is 12.9. The second-order valence-corrected chi connectivity index (χ2v) is 7.71. The van der Waals surface area contributed by atoms with Gasteiger partial charge in [-0.25, -0.2) is 9.78 Å². The van der Waals surface area contributed by atoms with E-state index >= 15 is 0 Å². The Labute approximate surface area is 171 Å². The Morgan fingerprint density at radius 1 is 1.18 bits per heavy atom. The van der Waals surface area contributed by atoms with Gasteiger partial charge in [0.1, 0.15) is 10.8 Å². The van der Waals surface area contributed by atoms with Gasteiger partial charge in [0, 0.05) is 12.1 Å². The van der Waals surface area contributed by atoms with Crippen molar-refractivity contribution in [1.29, 1.82) is 0 Å². The van der Waals surface area contributed by atoms with Gasteiger partial charge in [-0.2, -0.15) is 0 Å². The number of esters is 1. The largest absolute Gasteiger partial charge is 0.482 e. The monoisotopic (exact) mass is 418 g/mol. The number of carbonyl (C=O) groups excluding carboxylic acids is 2. The summed E-state index contributed by atoms with van der Waals surface area (Å²) in [5, 5.41) is 1.45. The minimum atomic E-state index is -0.616. The molecule has 2 aromatic carbocycles. The van der Waals surface area contributed by atoms with E-state index in [1.54, 1.807) is 25.2 Å². The highest BCUT2D eigenvalue weighted by Crippen LogP contribution is 2.22. The molecule has 0 aliphatic rings. The maximum absolute atomic E-state index is 12.2. The van der Waals surface area contributed by atoms with Crippen molar-refractivity contribution in [2.24, 2.45) is 0 Å². The number of thiazole rings is 1. The summed E-state index contributed by atoms with van der Waals surface area (Å²) in [6.07, 6.45) is 0. The first-order valence-corrected chi connectivity index (χ1v) is 9.75. The number of aromatic nitrogens is 1. The third-order valence-corrected chi connectivity index (χ3v) is 5.42. The molecule has 1 heterocycles.